The van der Waals surface area contributed by atoms with E-state index >= 15 is 0 Å². The van der Waals surface area contributed by atoms with Gasteiger partial charge in [0.05, 0.1) is 10.3 Å². The van der Waals surface area contributed by atoms with Crippen LogP contribution in [-0.4, -0.2) is 25.1 Å². The van der Waals surface area contributed by atoms with E-state index in [4.69, 9.17) is 32.7 Å². The molecule has 1 aliphatic heterocycles. The molecule has 160 valence electrons. The Bertz CT molecular complexity index is 1080. The van der Waals surface area contributed by atoms with E-state index in [-0.39, 0.29) is 5.91 Å². The lowest BCUT2D eigenvalue weighted by Gasteiger charge is -2.35. The number of esters is 1. The number of nitrogens with one attached hydrogen (secondary N) is 1. The number of carbonyl (C=O) groups is 2. The second-order valence-corrected chi connectivity index (χ2v) is 8.96. The Morgan fingerprint density at radius 2 is 1.77 bits per heavy atom. The molecule has 0 unspecified atom stereocenters. The fourth-order valence-electron chi connectivity index (χ4n) is 3.59. The van der Waals surface area contributed by atoms with Gasteiger partial charge in [0.25, 0.3) is 5.91 Å². The molecule has 4 rings (SSSR count). The van der Waals surface area contributed by atoms with Gasteiger partial charge < -0.3 is 14.8 Å². The smallest absolute Gasteiger partial charge is 0.322 e. The number of rotatable bonds is 5. The molecule has 0 radical (unpaired) electrons. The summed E-state index contributed by atoms with van der Waals surface area (Å²) in [6.07, 6.45) is 0.921. The van der Waals surface area contributed by atoms with Gasteiger partial charge in [0.1, 0.15) is 5.75 Å². The quantitative estimate of drug-likeness (QED) is 0.365. The van der Waals surface area contributed by atoms with Gasteiger partial charge in [-0.3, -0.25) is 9.59 Å². The van der Waals surface area contributed by atoms with E-state index in [0.717, 1.165) is 0 Å². The van der Waals surface area contributed by atoms with Gasteiger partial charge in [-0.05, 0) is 66.2 Å². The third kappa shape index (κ3) is 4.77. The van der Waals surface area contributed by atoms with Crippen molar-refractivity contribution < 1.29 is 19.1 Å². The van der Waals surface area contributed by atoms with Gasteiger partial charge in [0.2, 0.25) is 0 Å². The summed E-state index contributed by atoms with van der Waals surface area (Å²) < 4.78 is 11.2. The van der Waals surface area contributed by atoms with Crippen LogP contribution in [-0.2, 0) is 14.9 Å². The largest absolute Gasteiger partial charge is 0.426 e. The zero-order valence-corrected chi connectivity index (χ0v) is 18.7. The molecule has 0 aliphatic carbocycles. The summed E-state index contributed by atoms with van der Waals surface area (Å²) >= 11 is 13.8. The molecule has 0 spiro atoms. The number of hydrogen-bond acceptors (Lipinski definition) is 5. The Morgan fingerprint density at radius 1 is 1.03 bits per heavy atom. The molecular formula is C23H19Cl2NO4S. The van der Waals surface area contributed by atoms with Gasteiger partial charge in [0.15, 0.2) is 0 Å². The minimum absolute atomic E-state index is 0.182. The first kappa shape index (κ1) is 21.8. The van der Waals surface area contributed by atoms with Crippen LogP contribution in [0.5, 0.6) is 5.75 Å². The SMILES string of the molecule is O=C(Nc1ccc(OC(=O)C2(c3ccc(Cl)cc3Cl)CCOCC2)cc1)c1cccs1. The number of hydrogen-bond donors (Lipinski definition) is 1. The van der Waals surface area contributed by atoms with E-state index in [9.17, 15) is 9.59 Å². The van der Waals surface area contributed by atoms with E-state index in [1.807, 2.05) is 11.4 Å². The second-order valence-electron chi connectivity index (χ2n) is 7.16. The molecule has 31 heavy (non-hydrogen) atoms. The first-order valence-corrected chi connectivity index (χ1v) is 11.3. The lowest BCUT2D eigenvalue weighted by atomic mass is 9.74. The molecule has 2 heterocycles. The summed E-state index contributed by atoms with van der Waals surface area (Å²) in [5.41, 5.74) is 0.387. The minimum Gasteiger partial charge on any atom is -0.426 e. The number of carbonyl (C=O) groups excluding carboxylic acids is 2. The minimum atomic E-state index is -0.911. The summed E-state index contributed by atoms with van der Waals surface area (Å²) in [5, 5.41) is 5.60. The lowest BCUT2D eigenvalue weighted by molar-refractivity contribution is -0.145. The van der Waals surface area contributed by atoms with Crippen LogP contribution < -0.4 is 10.1 Å². The molecule has 0 saturated carbocycles. The predicted molar refractivity (Wildman–Crippen MR) is 123 cm³/mol. The second kappa shape index (κ2) is 9.40. The highest BCUT2D eigenvalue weighted by Gasteiger charge is 2.44. The maximum atomic E-state index is 13.3. The third-order valence-corrected chi connectivity index (χ3v) is 6.67. The Morgan fingerprint density at radius 3 is 2.42 bits per heavy atom. The van der Waals surface area contributed by atoms with Gasteiger partial charge in [0, 0.05) is 28.9 Å². The number of halogens is 2. The number of ether oxygens (including phenoxy) is 2. The van der Waals surface area contributed by atoms with Gasteiger partial charge >= 0.3 is 5.97 Å². The molecule has 3 aromatic rings. The van der Waals surface area contributed by atoms with Crippen LogP contribution in [0.15, 0.2) is 60.0 Å². The highest BCUT2D eigenvalue weighted by Crippen LogP contribution is 2.41. The van der Waals surface area contributed by atoms with Crippen molar-refractivity contribution in [3.8, 4) is 5.75 Å². The number of amides is 1. The van der Waals surface area contributed by atoms with E-state index in [1.165, 1.54) is 11.3 Å². The average molecular weight is 476 g/mol. The summed E-state index contributed by atoms with van der Waals surface area (Å²) in [7, 11) is 0. The first-order chi connectivity index (χ1) is 15.0. The van der Waals surface area contributed by atoms with Gasteiger partial charge in [-0.2, -0.15) is 0 Å². The molecule has 1 saturated heterocycles. The lowest BCUT2D eigenvalue weighted by Crippen LogP contribution is -2.44. The van der Waals surface area contributed by atoms with Crippen LogP contribution >= 0.6 is 34.5 Å². The third-order valence-electron chi connectivity index (χ3n) is 5.25. The standard InChI is InChI=1S/C23H19Cl2NO4S/c24-15-3-8-18(19(25)14-15)23(9-11-29-12-10-23)22(28)30-17-6-4-16(5-7-17)26-21(27)20-2-1-13-31-20/h1-8,13-14H,9-12H2,(H,26,27). The Hall–Kier alpha value is -2.38. The van der Waals surface area contributed by atoms with Crippen molar-refractivity contribution in [2.24, 2.45) is 0 Å². The van der Waals surface area contributed by atoms with Crippen LogP contribution in [0.2, 0.25) is 10.0 Å². The van der Waals surface area contributed by atoms with Crippen LogP contribution in [0, 0.1) is 0 Å². The highest BCUT2D eigenvalue weighted by molar-refractivity contribution is 7.12. The van der Waals surface area contributed by atoms with Crippen molar-refractivity contribution in [2.75, 3.05) is 18.5 Å². The fraction of sp³-hybridized carbons (Fsp3) is 0.217. The molecule has 2 aromatic carbocycles. The van der Waals surface area contributed by atoms with Gasteiger partial charge in [-0.1, -0.05) is 35.3 Å². The molecule has 5 nitrogen and oxygen atoms in total. The maximum Gasteiger partial charge on any atom is 0.322 e. The summed E-state index contributed by atoms with van der Waals surface area (Å²) in [4.78, 5) is 26.1. The fourth-order valence-corrected chi connectivity index (χ4v) is 4.80. The van der Waals surface area contributed by atoms with Crippen molar-refractivity contribution in [1.29, 1.82) is 0 Å². The number of anilines is 1. The molecule has 0 bridgehead atoms. The van der Waals surface area contributed by atoms with E-state index in [0.29, 0.717) is 58.0 Å². The summed E-state index contributed by atoms with van der Waals surface area (Å²) in [5.74, 6) is -0.191. The zero-order chi connectivity index (χ0) is 21.8. The molecule has 1 N–H and O–H groups in total. The molecule has 0 atom stereocenters. The van der Waals surface area contributed by atoms with Crippen LogP contribution in [0.3, 0.4) is 0 Å². The maximum absolute atomic E-state index is 13.3. The van der Waals surface area contributed by atoms with Crippen molar-refractivity contribution in [2.45, 2.75) is 18.3 Å². The molecule has 1 amide bonds. The molecular weight excluding hydrogens is 457 g/mol. The topological polar surface area (TPSA) is 64.6 Å². The van der Waals surface area contributed by atoms with E-state index < -0.39 is 11.4 Å². The van der Waals surface area contributed by atoms with Gasteiger partial charge in [-0.15, -0.1) is 11.3 Å². The Labute approximate surface area is 193 Å². The van der Waals surface area contributed by atoms with E-state index in [2.05, 4.69) is 5.32 Å². The Balaban J connectivity index is 1.51. The number of benzene rings is 2. The van der Waals surface area contributed by atoms with Gasteiger partial charge in [-0.25, -0.2) is 0 Å². The normalized spacial score (nSPS) is 15.3. The zero-order valence-electron chi connectivity index (χ0n) is 16.4. The number of thiophene rings is 1. The highest BCUT2D eigenvalue weighted by atomic mass is 35.5. The van der Waals surface area contributed by atoms with Crippen LogP contribution in [0.1, 0.15) is 28.1 Å². The first-order valence-electron chi connectivity index (χ1n) is 9.68. The van der Waals surface area contributed by atoms with Crippen molar-refractivity contribution in [3.63, 3.8) is 0 Å². The Kier molecular flexibility index (Phi) is 6.62. The van der Waals surface area contributed by atoms with Crippen LogP contribution in [0.25, 0.3) is 0 Å². The van der Waals surface area contributed by atoms with Crippen LogP contribution in [0.4, 0.5) is 5.69 Å². The predicted octanol–water partition coefficient (Wildman–Crippen LogP) is 5.96. The van der Waals surface area contributed by atoms with Crippen molar-refractivity contribution >= 4 is 52.1 Å². The molecule has 1 aliphatic rings. The average Bonchev–Trinajstić information content (AvgIpc) is 3.31. The summed E-state index contributed by atoms with van der Waals surface area (Å²) in [6, 6.07) is 15.4. The van der Waals surface area contributed by atoms with E-state index in [1.54, 1.807) is 48.5 Å². The monoisotopic (exact) mass is 475 g/mol. The summed E-state index contributed by atoms with van der Waals surface area (Å²) in [6.45, 7) is 0.865. The molecule has 8 heteroatoms. The van der Waals surface area contributed by atoms with Crippen molar-refractivity contribution in [1.82, 2.24) is 0 Å². The molecule has 1 fully saturated rings. The molecule has 1 aromatic heterocycles. The van der Waals surface area contributed by atoms with Crippen molar-refractivity contribution in [3.05, 3.63) is 80.5 Å².